The van der Waals surface area contributed by atoms with E-state index in [1.54, 1.807) is 17.4 Å². The van der Waals surface area contributed by atoms with Crippen LogP contribution in [0.1, 0.15) is 16.5 Å². The van der Waals surface area contributed by atoms with Crippen LogP contribution in [0.3, 0.4) is 0 Å². The fourth-order valence-corrected chi connectivity index (χ4v) is 3.14. The van der Waals surface area contributed by atoms with Crippen molar-refractivity contribution in [1.29, 1.82) is 0 Å². The second-order valence-corrected chi connectivity index (χ2v) is 5.57. The minimum atomic E-state index is -0.458. The Hall–Kier alpha value is -1.26. The number of hydrogen-bond acceptors (Lipinski definition) is 3. The molecule has 1 unspecified atom stereocenters. The number of thiophene rings is 1. The van der Waals surface area contributed by atoms with Gasteiger partial charge in [-0.1, -0.05) is 11.6 Å². The van der Waals surface area contributed by atoms with Crippen molar-refractivity contribution in [3.63, 3.8) is 0 Å². The van der Waals surface area contributed by atoms with Crippen LogP contribution in [-0.2, 0) is 0 Å². The maximum atomic E-state index is 13.4. The largest absolute Gasteiger partial charge is 0.481 e. The van der Waals surface area contributed by atoms with Gasteiger partial charge < -0.3 is 10.1 Å². The number of nitrogens with one attached hydrogen (secondary N) is 1. The predicted octanol–water partition coefficient (Wildman–Crippen LogP) is 4.39. The minimum absolute atomic E-state index is 0.0712. The summed E-state index contributed by atoms with van der Waals surface area (Å²) in [5, 5.41) is 5.37. The molecule has 1 atom stereocenters. The summed E-state index contributed by atoms with van der Waals surface area (Å²) in [6.07, 6.45) is -0.0712. The Morgan fingerprint density at radius 2 is 2.33 bits per heavy atom. The maximum absolute atomic E-state index is 13.4. The van der Waals surface area contributed by atoms with Crippen molar-refractivity contribution in [2.24, 2.45) is 0 Å². The van der Waals surface area contributed by atoms with Crippen molar-refractivity contribution in [3.8, 4) is 5.75 Å². The van der Waals surface area contributed by atoms with Crippen molar-refractivity contribution in [1.82, 2.24) is 0 Å². The van der Waals surface area contributed by atoms with Crippen LogP contribution in [0, 0.1) is 12.7 Å². The molecule has 0 saturated heterocycles. The van der Waals surface area contributed by atoms with Gasteiger partial charge in [0.2, 0.25) is 0 Å². The maximum Gasteiger partial charge on any atom is 0.150 e. The third-order valence-corrected chi connectivity index (χ3v) is 4.36. The van der Waals surface area contributed by atoms with Crippen LogP contribution in [0.15, 0.2) is 23.6 Å². The first-order valence-corrected chi connectivity index (χ1v) is 6.84. The summed E-state index contributed by atoms with van der Waals surface area (Å²) in [5.74, 6) is 0.0571. The molecule has 3 rings (SSSR count). The standard InChI is InChI=1S/C13H11ClFNOS/c1-7-2-3-18-13(7)12-6-16-10-4-8(14)9(15)5-11(10)17-12/h2-5,12,16H,6H2,1H3. The fraction of sp³-hybridized carbons (Fsp3) is 0.231. The van der Waals surface area contributed by atoms with E-state index in [2.05, 4.69) is 11.4 Å². The molecule has 2 heterocycles. The highest BCUT2D eigenvalue weighted by Crippen LogP contribution is 2.39. The average molecular weight is 284 g/mol. The summed E-state index contributed by atoms with van der Waals surface area (Å²) in [6.45, 7) is 2.71. The molecular formula is C13H11ClFNOS. The van der Waals surface area contributed by atoms with Crippen molar-refractivity contribution >= 4 is 28.6 Å². The lowest BCUT2D eigenvalue weighted by Crippen LogP contribution is -2.23. The van der Waals surface area contributed by atoms with Gasteiger partial charge in [-0.05, 0) is 30.0 Å². The number of anilines is 1. The van der Waals surface area contributed by atoms with Gasteiger partial charge in [0.1, 0.15) is 11.6 Å². The molecular weight excluding hydrogens is 273 g/mol. The van der Waals surface area contributed by atoms with E-state index >= 15 is 0 Å². The van der Waals surface area contributed by atoms with Crippen LogP contribution in [0.5, 0.6) is 5.75 Å². The third kappa shape index (κ3) is 1.95. The lowest BCUT2D eigenvalue weighted by atomic mass is 10.1. The summed E-state index contributed by atoms with van der Waals surface area (Å²) in [6, 6.07) is 4.95. The number of fused-ring (bicyclic) bond motifs is 1. The molecule has 1 aromatic heterocycles. The molecule has 0 spiro atoms. The van der Waals surface area contributed by atoms with Crippen LogP contribution in [0.2, 0.25) is 5.02 Å². The zero-order valence-corrected chi connectivity index (χ0v) is 11.2. The van der Waals surface area contributed by atoms with Crippen LogP contribution in [0.4, 0.5) is 10.1 Å². The van der Waals surface area contributed by atoms with Crippen molar-refractivity contribution < 1.29 is 9.13 Å². The summed E-state index contributed by atoms with van der Waals surface area (Å²) < 4.78 is 19.3. The van der Waals surface area contributed by atoms with Crippen molar-refractivity contribution in [2.45, 2.75) is 13.0 Å². The molecule has 1 aromatic carbocycles. The first kappa shape index (κ1) is 11.8. The van der Waals surface area contributed by atoms with Gasteiger partial charge in [0, 0.05) is 10.9 Å². The summed E-state index contributed by atoms with van der Waals surface area (Å²) >= 11 is 7.39. The van der Waals surface area contributed by atoms with Gasteiger partial charge >= 0.3 is 0 Å². The molecule has 2 nitrogen and oxygen atoms in total. The lowest BCUT2D eigenvalue weighted by molar-refractivity contribution is 0.212. The highest BCUT2D eigenvalue weighted by molar-refractivity contribution is 7.10. The topological polar surface area (TPSA) is 21.3 Å². The third-order valence-electron chi connectivity index (χ3n) is 2.96. The van der Waals surface area contributed by atoms with Crippen molar-refractivity contribution in [2.75, 3.05) is 11.9 Å². The number of rotatable bonds is 1. The lowest BCUT2D eigenvalue weighted by Gasteiger charge is -2.27. The van der Waals surface area contributed by atoms with E-state index in [4.69, 9.17) is 16.3 Å². The van der Waals surface area contributed by atoms with Gasteiger partial charge in [-0.15, -0.1) is 11.3 Å². The SMILES string of the molecule is Cc1ccsc1C1CNc2cc(Cl)c(F)cc2O1. The highest BCUT2D eigenvalue weighted by Gasteiger charge is 2.24. The number of benzene rings is 1. The molecule has 1 N–H and O–H groups in total. The van der Waals surface area contributed by atoms with Gasteiger partial charge in [-0.2, -0.15) is 0 Å². The first-order chi connectivity index (χ1) is 8.65. The first-order valence-electron chi connectivity index (χ1n) is 5.58. The molecule has 5 heteroatoms. The fourth-order valence-electron chi connectivity index (χ4n) is 2.02. The van der Waals surface area contributed by atoms with Crippen molar-refractivity contribution in [3.05, 3.63) is 44.9 Å². The monoisotopic (exact) mass is 283 g/mol. The Labute approximate surface area is 113 Å². The molecule has 0 saturated carbocycles. The molecule has 2 aromatic rings. The Morgan fingerprint density at radius 3 is 3.06 bits per heavy atom. The van der Waals surface area contributed by atoms with E-state index in [1.165, 1.54) is 16.5 Å². The minimum Gasteiger partial charge on any atom is -0.481 e. The van der Waals surface area contributed by atoms with Crippen LogP contribution >= 0.6 is 22.9 Å². The van der Waals surface area contributed by atoms with Crippen LogP contribution in [-0.4, -0.2) is 6.54 Å². The second kappa shape index (κ2) is 4.44. The zero-order chi connectivity index (χ0) is 12.7. The molecule has 0 fully saturated rings. The highest BCUT2D eigenvalue weighted by atomic mass is 35.5. The molecule has 0 amide bonds. The normalized spacial score (nSPS) is 17.8. The van der Waals surface area contributed by atoms with E-state index in [9.17, 15) is 4.39 Å². The van der Waals surface area contributed by atoms with Gasteiger partial charge in [0.25, 0.3) is 0 Å². The second-order valence-electron chi connectivity index (χ2n) is 4.22. The Bertz CT molecular complexity index is 599. The van der Waals surface area contributed by atoms with E-state index in [1.807, 2.05) is 12.3 Å². The number of hydrogen-bond donors (Lipinski definition) is 1. The van der Waals surface area contributed by atoms with E-state index in [-0.39, 0.29) is 11.1 Å². The average Bonchev–Trinajstić information content (AvgIpc) is 2.76. The molecule has 0 aliphatic carbocycles. The Morgan fingerprint density at radius 1 is 1.50 bits per heavy atom. The number of aryl methyl sites for hydroxylation is 1. The smallest absolute Gasteiger partial charge is 0.150 e. The van der Waals surface area contributed by atoms with Crippen LogP contribution in [0.25, 0.3) is 0 Å². The van der Waals surface area contributed by atoms with Gasteiger partial charge in [0.15, 0.2) is 6.10 Å². The van der Waals surface area contributed by atoms with E-state index in [0.29, 0.717) is 12.3 Å². The molecule has 0 bridgehead atoms. The number of ether oxygens (including phenoxy) is 1. The molecule has 1 aliphatic heterocycles. The van der Waals surface area contributed by atoms with Gasteiger partial charge in [-0.25, -0.2) is 4.39 Å². The van der Waals surface area contributed by atoms with E-state index in [0.717, 1.165) is 5.69 Å². The molecule has 0 radical (unpaired) electrons. The molecule has 1 aliphatic rings. The quantitative estimate of drug-likeness (QED) is 0.838. The van der Waals surface area contributed by atoms with Gasteiger partial charge in [0.05, 0.1) is 17.3 Å². The molecule has 94 valence electrons. The summed E-state index contributed by atoms with van der Waals surface area (Å²) in [7, 11) is 0. The van der Waals surface area contributed by atoms with Gasteiger partial charge in [-0.3, -0.25) is 0 Å². The Balaban J connectivity index is 1.94. The summed E-state index contributed by atoms with van der Waals surface area (Å²) in [5.41, 5.74) is 1.94. The summed E-state index contributed by atoms with van der Waals surface area (Å²) in [4.78, 5) is 1.17. The number of halogens is 2. The van der Waals surface area contributed by atoms with Crippen LogP contribution < -0.4 is 10.1 Å². The van der Waals surface area contributed by atoms with E-state index < -0.39 is 5.82 Å². The predicted molar refractivity (Wildman–Crippen MR) is 72.3 cm³/mol. The zero-order valence-electron chi connectivity index (χ0n) is 9.67. The Kier molecular flexibility index (Phi) is 2.92. The molecule has 18 heavy (non-hydrogen) atoms.